The van der Waals surface area contributed by atoms with Crippen LogP contribution in [0.4, 0.5) is 5.69 Å². The molecule has 8 heteroatoms. The van der Waals surface area contributed by atoms with Crippen LogP contribution in [0.3, 0.4) is 0 Å². The van der Waals surface area contributed by atoms with Gasteiger partial charge in [0.15, 0.2) is 0 Å². The Morgan fingerprint density at radius 3 is 2.95 bits per heavy atom. The number of nitrogens with one attached hydrogen (secondary N) is 1. The minimum Gasteiger partial charge on any atom is -0.352 e. The summed E-state index contributed by atoms with van der Waals surface area (Å²) in [5.41, 5.74) is -0.0588. The Balaban J connectivity index is 1.90. The Bertz CT molecular complexity index is 643. The van der Waals surface area contributed by atoms with Crippen LogP contribution in [0.5, 0.6) is 0 Å². The molecule has 110 valence electrons. The first-order valence-corrected chi connectivity index (χ1v) is 6.63. The Hall–Kier alpha value is -2.41. The van der Waals surface area contributed by atoms with Crippen LogP contribution in [-0.2, 0) is 6.54 Å². The number of benzene rings is 1. The molecule has 1 N–H and O–H groups in total. The molecule has 2 aromatic rings. The van der Waals surface area contributed by atoms with Gasteiger partial charge >= 0.3 is 0 Å². The number of nitro benzene ring substituents is 1. The van der Waals surface area contributed by atoms with E-state index >= 15 is 0 Å². The van der Waals surface area contributed by atoms with E-state index in [0.717, 1.165) is 6.54 Å². The molecule has 1 aromatic heterocycles. The summed E-state index contributed by atoms with van der Waals surface area (Å²) in [6.45, 7) is 1.17. The van der Waals surface area contributed by atoms with Crippen molar-refractivity contribution < 1.29 is 9.72 Å². The van der Waals surface area contributed by atoms with Gasteiger partial charge in [0.1, 0.15) is 0 Å². The molecule has 0 aliphatic rings. The number of amides is 1. The number of nitro groups is 1. The summed E-state index contributed by atoms with van der Waals surface area (Å²) in [7, 11) is 0. The minimum atomic E-state index is -0.563. The average molecular weight is 309 g/mol. The largest absolute Gasteiger partial charge is 0.352 e. The van der Waals surface area contributed by atoms with Crippen molar-refractivity contribution in [3.05, 3.63) is 57.6 Å². The summed E-state index contributed by atoms with van der Waals surface area (Å²) in [4.78, 5) is 26.0. The molecular weight excluding hydrogens is 296 g/mol. The summed E-state index contributed by atoms with van der Waals surface area (Å²) in [5, 5.41) is 13.6. The second kappa shape index (κ2) is 6.85. The van der Waals surface area contributed by atoms with Gasteiger partial charge < -0.3 is 9.88 Å². The number of nitrogens with zero attached hydrogens (tertiary/aromatic N) is 3. The van der Waals surface area contributed by atoms with E-state index in [0.29, 0.717) is 13.0 Å². The number of aromatic nitrogens is 2. The highest BCUT2D eigenvalue weighted by atomic mass is 35.5. The fourth-order valence-corrected chi connectivity index (χ4v) is 1.98. The maximum absolute atomic E-state index is 12.0. The highest BCUT2D eigenvalue weighted by Crippen LogP contribution is 2.21. The number of imidazole rings is 1. The standard InChI is InChI=1S/C13H13ClN4O3/c14-12-3-2-10(18(20)21)8-11(12)13(19)16-4-1-6-17-7-5-15-9-17/h2-3,5,7-9H,1,4,6H2,(H,16,19). The number of halogens is 1. The molecule has 0 spiro atoms. The van der Waals surface area contributed by atoms with E-state index in [9.17, 15) is 14.9 Å². The van der Waals surface area contributed by atoms with Crippen molar-refractivity contribution in [2.75, 3.05) is 6.54 Å². The van der Waals surface area contributed by atoms with E-state index < -0.39 is 10.8 Å². The summed E-state index contributed by atoms with van der Waals surface area (Å²) in [6.07, 6.45) is 5.93. The quantitative estimate of drug-likeness (QED) is 0.503. The van der Waals surface area contributed by atoms with E-state index in [-0.39, 0.29) is 16.3 Å². The first-order chi connectivity index (χ1) is 10.1. The topological polar surface area (TPSA) is 90.1 Å². The SMILES string of the molecule is O=C(NCCCn1ccnc1)c1cc([N+](=O)[O-])ccc1Cl. The van der Waals surface area contributed by atoms with Gasteiger partial charge in [0, 0.05) is 37.6 Å². The zero-order valence-corrected chi connectivity index (χ0v) is 11.8. The molecule has 0 atom stereocenters. The van der Waals surface area contributed by atoms with Crippen molar-refractivity contribution >= 4 is 23.2 Å². The highest BCUT2D eigenvalue weighted by Gasteiger charge is 2.15. The fraction of sp³-hybridized carbons (Fsp3) is 0.231. The first kappa shape index (κ1) is 15.0. The number of rotatable bonds is 6. The Morgan fingerprint density at radius 2 is 2.29 bits per heavy atom. The van der Waals surface area contributed by atoms with Crippen molar-refractivity contribution in [2.45, 2.75) is 13.0 Å². The van der Waals surface area contributed by atoms with Crippen molar-refractivity contribution in [3.63, 3.8) is 0 Å². The molecule has 1 heterocycles. The molecule has 21 heavy (non-hydrogen) atoms. The fourth-order valence-electron chi connectivity index (χ4n) is 1.78. The van der Waals surface area contributed by atoms with Crippen LogP contribution in [0, 0.1) is 10.1 Å². The van der Waals surface area contributed by atoms with Crippen LogP contribution in [0.25, 0.3) is 0 Å². The molecule has 0 saturated heterocycles. The van der Waals surface area contributed by atoms with Crippen LogP contribution in [0.1, 0.15) is 16.8 Å². The third kappa shape index (κ3) is 4.03. The Morgan fingerprint density at radius 1 is 1.48 bits per heavy atom. The summed E-state index contributed by atoms with van der Waals surface area (Å²) < 4.78 is 1.90. The molecular formula is C13H13ClN4O3. The zero-order chi connectivity index (χ0) is 15.2. The predicted octanol–water partition coefficient (Wildman–Crippen LogP) is 2.26. The van der Waals surface area contributed by atoms with Gasteiger partial charge in [-0.15, -0.1) is 0 Å². The minimum absolute atomic E-state index is 0.105. The van der Waals surface area contributed by atoms with E-state index in [1.807, 2.05) is 10.8 Å². The molecule has 0 radical (unpaired) electrons. The lowest BCUT2D eigenvalue weighted by molar-refractivity contribution is -0.384. The van der Waals surface area contributed by atoms with Gasteiger partial charge in [-0.25, -0.2) is 4.98 Å². The lowest BCUT2D eigenvalue weighted by Crippen LogP contribution is -2.25. The number of non-ortho nitro benzene ring substituents is 1. The summed E-state index contributed by atoms with van der Waals surface area (Å²) in [6, 6.07) is 3.78. The van der Waals surface area contributed by atoms with Gasteiger partial charge in [-0.05, 0) is 12.5 Å². The number of aryl methyl sites for hydroxylation is 1. The highest BCUT2D eigenvalue weighted by molar-refractivity contribution is 6.33. The molecule has 1 aromatic carbocycles. The normalized spacial score (nSPS) is 10.3. The van der Waals surface area contributed by atoms with Gasteiger partial charge in [0.25, 0.3) is 11.6 Å². The molecule has 0 unspecified atom stereocenters. The van der Waals surface area contributed by atoms with E-state index in [1.54, 1.807) is 12.5 Å². The van der Waals surface area contributed by atoms with Crippen molar-refractivity contribution in [3.8, 4) is 0 Å². The van der Waals surface area contributed by atoms with Gasteiger partial charge in [0.05, 0.1) is 21.8 Å². The average Bonchev–Trinajstić information content (AvgIpc) is 2.96. The molecule has 2 rings (SSSR count). The molecule has 0 bridgehead atoms. The number of carbonyl (C=O) groups excluding carboxylic acids is 1. The third-order valence-corrected chi connectivity index (χ3v) is 3.17. The number of hydrogen-bond acceptors (Lipinski definition) is 4. The lowest BCUT2D eigenvalue weighted by atomic mass is 10.2. The first-order valence-electron chi connectivity index (χ1n) is 6.26. The Kier molecular flexibility index (Phi) is 4.89. The second-order valence-electron chi connectivity index (χ2n) is 4.33. The van der Waals surface area contributed by atoms with Gasteiger partial charge in [0.2, 0.25) is 0 Å². The van der Waals surface area contributed by atoms with Crippen LogP contribution in [-0.4, -0.2) is 26.9 Å². The summed E-state index contributed by atoms with van der Waals surface area (Å²) >= 11 is 5.89. The van der Waals surface area contributed by atoms with Crippen LogP contribution in [0.15, 0.2) is 36.9 Å². The third-order valence-electron chi connectivity index (χ3n) is 2.84. The van der Waals surface area contributed by atoms with Gasteiger partial charge in [-0.3, -0.25) is 14.9 Å². The van der Waals surface area contributed by atoms with E-state index in [4.69, 9.17) is 11.6 Å². The maximum atomic E-state index is 12.0. The molecule has 0 aliphatic heterocycles. The van der Waals surface area contributed by atoms with Gasteiger partial charge in [-0.2, -0.15) is 0 Å². The van der Waals surface area contributed by atoms with Crippen LogP contribution >= 0.6 is 11.6 Å². The van der Waals surface area contributed by atoms with Crippen molar-refractivity contribution in [2.24, 2.45) is 0 Å². The second-order valence-corrected chi connectivity index (χ2v) is 4.74. The number of carbonyl (C=O) groups is 1. The Labute approximate surface area is 125 Å². The van der Waals surface area contributed by atoms with E-state index in [2.05, 4.69) is 10.3 Å². The zero-order valence-electron chi connectivity index (χ0n) is 11.0. The van der Waals surface area contributed by atoms with E-state index in [1.165, 1.54) is 18.2 Å². The van der Waals surface area contributed by atoms with Crippen LogP contribution in [0.2, 0.25) is 5.02 Å². The molecule has 0 fully saturated rings. The molecule has 0 aliphatic carbocycles. The molecule has 7 nitrogen and oxygen atoms in total. The lowest BCUT2D eigenvalue weighted by Gasteiger charge is -2.07. The van der Waals surface area contributed by atoms with Crippen LogP contribution < -0.4 is 5.32 Å². The monoisotopic (exact) mass is 308 g/mol. The molecule has 1 amide bonds. The van der Waals surface area contributed by atoms with Gasteiger partial charge in [-0.1, -0.05) is 11.6 Å². The predicted molar refractivity (Wildman–Crippen MR) is 77.3 cm³/mol. The van der Waals surface area contributed by atoms with Crippen molar-refractivity contribution in [1.29, 1.82) is 0 Å². The molecule has 0 saturated carbocycles. The maximum Gasteiger partial charge on any atom is 0.270 e. The smallest absolute Gasteiger partial charge is 0.270 e. The van der Waals surface area contributed by atoms with Crippen molar-refractivity contribution in [1.82, 2.24) is 14.9 Å². The summed E-state index contributed by atoms with van der Waals surface area (Å²) in [5.74, 6) is -0.422. The number of hydrogen-bond donors (Lipinski definition) is 1.